The van der Waals surface area contributed by atoms with E-state index < -0.39 is 30.9 Å². The van der Waals surface area contributed by atoms with Crippen molar-refractivity contribution in [3.8, 4) is 0 Å². The van der Waals surface area contributed by atoms with Crippen LogP contribution >= 0.6 is 0 Å². The van der Waals surface area contributed by atoms with Gasteiger partial charge in [-0.15, -0.1) is 0 Å². The number of aryl methyl sites for hydroxylation is 1. The minimum absolute atomic E-state index is 0.123. The van der Waals surface area contributed by atoms with Gasteiger partial charge >= 0.3 is 5.97 Å². The number of aliphatic carboxylic acids is 1. The molecule has 1 N–H and O–H groups in total. The summed E-state index contributed by atoms with van der Waals surface area (Å²) in [7, 11) is -6.07. The highest BCUT2D eigenvalue weighted by Crippen LogP contribution is 2.49. The Balaban J connectivity index is 2.49. The van der Waals surface area contributed by atoms with Gasteiger partial charge in [-0.25, -0.2) is 0 Å². The fourth-order valence-electron chi connectivity index (χ4n) is 6.19. The number of carboxylic acid groups (broad SMARTS) is 1. The highest BCUT2D eigenvalue weighted by molar-refractivity contribution is 6.75. The van der Waals surface area contributed by atoms with E-state index in [2.05, 4.69) is 144 Å². The van der Waals surface area contributed by atoms with Crippen molar-refractivity contribution in [3.05, 3.63) is 48.0 Å². The lowest BCUT2D eigenvalue weighted by molar-refractivity contribution is -0.137. The molecule has 1 fully saturated rings. The van der Waals surface area contributed by atoms with Gasteiger partial charge in [0, 0.05) is 12.5 Å². The number of benzene rings is 1. The van der Waals surface area contributed by atoms with E-state index in [4.69, 9.17) is 18.4 Å². The Morgan fingerprint density at radius 1 is 0.776 bits per heavy atom. The first-order chi connectivity index (χ1) is 22.3. The fourth-order valence-corrected chi connectivity index (χ4v) is 10.4. The third kappa shape index (κ3) is 13.5. The van der Waals surface area contributed by atoms with Crippen LogP contribution in [0.15, 0.2) is 42.5 Å². The molecule has 0 spiro atoms. The Kier molecular flexibility index (Phi) is 15.9. The van der Waals surface area contributed by atoms with Gasteiger partial charge < -0.3 is 18.4 Å². The average molecular weight is 733 g/mol. The summed E-state index contributed by atoms with van der Waals surface area (Å²) in [5.41, 5.74) is 1.38. The minimum Gasteiger partial charge on any atom is -0.481 e. The van der Waals surface area contributed by atoms with Crippen LogP contribution in [-0.4, -0.2) is 54.3 Å². The average Bonchev–Trinajstić information content (AvgIpc) is 3.24. The van der Waals surface area contributed by atoms with Gasteiger partial charge in [0.1, 0.15) is 0 Å². The van der Waals surface area contributed by atoms with E-state index in [-0.39, 0.29) is 39.8 Å². The number of hydrogen-bond donors (Lipinski definition) is 1. The summed E-state index contributed by atoms with van der Waals surface area (Å²) in [5, 5.41) is 9.53. The van der Waals surface area contributed by atoms with Crippen LogP contribution < -0.4 is 0 Å². The van der Waals surface area contributed by atoms with Crippen molar-refractivity contribution in [2.45, 2.75) is 193 Å². The maximum absolute atomic E-state index is 11.1. The second-order valence-corrected chi connectivity index (χ2v) is 33.8. The first kappa shape index (κ1) is 44.1. The summed E-state index contributed by atoms with van der Waals surface area (Å²) in [6.45, 7) is 35.4. The molecule has 1 aliphatic rings. The predicted octanol–water partition coefficient (Wildman–Crippen LogP) is 12.4. The highest BCUT2D eigenvalue weighted by atomic mass is 28.4. The lowest BCUT2D eigenvalue weighted by Crippen LogP contribution is -2.45. The summed E-state index contributed by atoms with van der Waals surface area (Å²) in [4.78, 5) is 11.1. The van der Waals surface area contributed by atoms with Gasteiger partial charge in [0.15, 0.2) is 25.0 Å². The quantitative estimate of drug-likeness (QED) is 0.0925. The highest BCUT2D eigenvalue weighted by Gasteiger charge is 2.51. The van der Waals surface area contributed by atoms with Crippen molar-refractivity contribution < 1.29 is 23.2 Å². The number of allylic oxidation sites excluding steroid dienone is 2. The summed E-state index contributed by atoms with van der Waals surface area (Å²) in [6.07, 6.45) is 12.7. The van der Waals surface area contributed by atoms with Crippen LogP contribution in [0.25, 0.3) is 0 Å². The molecule has 1 aromatic carbocycles. The van der Waals surface area contributed by atoms with E-state index >= 15 is 0 Å². The summed E-state index contributed by atoms with van der Waals surface area (Å²) >= 11 is 0. The Bertz CT molecular complexity index is 1170. The third-order valence-electron chi connectivity index (χ3n) is 12.5. The summed E-state index contributed by atoms with van der Waals surface area (Å²) < 4.78 is 21.9. The number of carbonyl (C=O) groups is 1. The van der Waals surface area contributed by atoms with Gasteiger partial charge in [-0.05, 0) is 123 Å². The van der Waals surface area contributed by atoms with Crippen LogP contribution in [0, 0.1) is 11.8 Å². The van der Waals surface area contributed by atoms with Crippen molar-refractivity contribution in [2.24, 2.45) is 11.8 Å². The zero-order chi connectivity index (χ0) is 37.5. The largest absolute Gasteiger partial charge is 0.481 e. The van der Waals surface area contributed by atoms with Crippen molar-refractivity contribution in [2.75, 3.05) is 0 Å². The maximum atomic E-state index is 11.1. The minimum atomic E-state index is -2.05. The van der Waals surface area contributed by atoms with Crippen molar-refractivity contribution >= 4 is 30.9 Å². The molecule has 8 heteroatoms. The van der Waals surface area contributed by atoms with Gasteiger partial charge in [0.2, 0.25) is 0 Å². The van der Waals surface area contributed by atoms with E-state index in [1.54, 1.807) is 0 Å². The summed E-state index contributed by atoms with van der Waals surface area (Å²) in [5.74, 6) is -0.00323. The molecular weight excluding hydrogens is 657 g/mol. The standard InChI is InChI=1S/C41H76O5Si3/c1-39(2,3)47(10,11)44-33(28-27-32-23-19-18-20-24-32)29-30-35-34(25-21-16-17-22-26-38(42)43)36(45-48(12,13)40(4,5)6)31-37(35)46-49(14,15)41(7,8)9/h16,18-21,23-24,33-37H,17,22,25-31H2,1-15H3,(H,42,43)/t33?,34-,35-,36+,37-/m1/s1. The molecule has 1 aliphatic carbocycles. The van der Waals surface area contributed by atoms with Gasteiger partial charge in [0.05, 0.1) is 12.2 Å². The fraction of sp³-hybridized carbons (Fsp3) is 0.780. The van der Waals surface area contributed by atoms with E-state index in [0.717, 1.165) is 44.9 Å². The zero-order valence-corrected chi connectivity index (χ0v) is 37.4. The Morgan fingerprint density at radius 3 is 1.78 bits per heavy atom. The molecule has 0 saturated heterocycles. The molecule has 1 unspecified atom stereocenters. The molecule has 1 aromatic rings. The summed E-state index contributed by atoms with van der Waals surface area (Å²) in [6, 6.07) is 10.9. The van der Waals surface area contributed by atoms with Gasteiger partial charge in [0.25, 0.3) is 0 Å². The van der Waals surface area contributed by atoms with Gasteiger partial charge in [-0.1, -0.05) is 105 Å². The van der Waals surface area contributed by atoms with Crippen LogP contribution in [0.4, 0.5) is 0 Å². The number of unbranched alkanes of at least 4 members (excludes halogenated alkanes) is 1. The number of rotatable bonds is 18. The van der Waals surface area contributed by atoms with Gasteiger partial charge in [-0.2, -0.15) is 0 Å². The normalized spacial score (nSPS) is 22.2. The molecule has 282 valence electrons. The van der Waals surface area contributed by atoms with E-state index in [9.17, 15) is 4.79 Å². The molecule has 0 heterocycles. The van der Waals surface area contributed by atoms with Crippen LogP contribution in [0.2, 0.25) is 54.4 Å². The first-order valence-electron chi connectivity index (χ1n) is 19.2. The van der Waals surface area contributed by atoms with Crippen molar-refractivity contribution in [3.63, 3.8) is 0 Å². The predicted molar refractivity (Wildman–Crippen MR) is 217 cm³/mol. The molecule has 1 saturated carbocycles. The smallest absolute Gasteiger partial charge is 0.303 e. The molecule has 5 nitrogen and oxygen atoms in total. The zero-order valence-electron chi connectivity index (χ0n) is 34.4. The molecule has 0 aromatic heterocycles. The molecular formula is C41H76O5Si3. The van der Waals surface area contributed by atoms with E-state index in [1.807, 2.05) is 0 Å². The van der Waals surface area contributed by atoms with E-state index in [1.165, 1.54) is 5.56 Å². The Labute approximate surface area is 305 Å². The second kappa shape index (κ2) is 17.7. The Hall–Kier alpha value is -1.04. The van der Waals surface area contributed by atoms with Crippen LogP contribution in [0.1, 0.15) is 119 Å². The number of hydrogen-bond acceptors (Lipinski definition) is 4. The monoisotopic (exact) mass is 733 g/mol. The van der Waals surface area contributed by atoms with Crippen LogP contribution in [-0.2, 0) is 24.5 Å². The lowest BCUT2D eigenvalue weighted by atomic mass is 9.85. The van der Waals surface area contributed by atoms with Gasteiger partial charge in [-0.3, -0.25) is 4.79 Å². The first-order valence-corrected chi connectivity index (χ1v) is 27.9. The molecule has 5 atom stereocenters. The lowest BCUT2D eigenvalue weighted by Gasteiger charge is -2.41. The SMILES string of the molecule is CC(C)(C)[Si](C)(C)OC(CCc1ccccc1)CC[C@@H]1[C@@H](CC=CCCCC(=O)O)[C@@H](O[Si](C)(C)C(C)(C)C)C[C@H]1O[Si](C)(C)C(C)(C)C. The maximum Gasteiger partial charge on any atom is 0.303 e. The molecule has 0 bridgehead atoms. The van der Waals surface area contributed by atoms with E-state index in [0.29, 0.717) is 18.3 Å². The van der Waals surface area contributed by atoms with Crippen LogP contribution in [0.5, 0.6) is 0 Å². The molecule has 0 radical (unpaired) electrons. The van der Waals surface area contributed by atoms with Crippen molar-refractivity contribution in [1.29, 1.82) is 0 Å². The Morgan fingerprint density at radius 2 is 1.29 bits per heavy atom. The number of carboxylic acids is 1. The van der Waals surface area contributed by atoms with Crippen molar-refractivity contribution in [1.82, 2.24) is 0 Å². The topological polar surface area (TPSA) is 65.0 Å². The second-order valence-electron chi connectivity index (χ2n) is 19.5. The molecule has 49 heavy (non-hydrogen) atoms. The van der Waals surface area contributed by atoms with Crippen LogP contribution in [0.3, 0.4) is 0 Å². The molecule has 0 amide bonds. The molecule has 2 rings (SSSR count). The molecule has 0 aliphatic heterocycles. The third-order valence-corrected chi connectivity index (χ3v) is 26.0.